The Bertz CT molecular complexity index is 609. The van der Waals surface area contributed by atoms with Crippen LogP contribution in [0.3, 0.4) is 0 Å². The Morgan fingerprint density at radius 2 is 1.73 bits per heavy atom. The van der Waals surface area contributed by atoms with Gasteiger partial charge in [0.1, 0.15) is 11.6 Å². The standard InChI is InChI=1S/C18H21NO3/c1-13-3-2-4-14(9-13)17(22)19-7-5-18(6-8-19)11-15(20)10-16(21)12-18/h2-4,9H,5-8,10-12H2,1H3. The topological polar surface area (TPSA) is 54.5 Å². The van der Waals surface area contributed by atoms with Crippen molar-refractivity contribution in [1.82, 2.24) is 4.90 Å². The first-order valence-electron chi connectivity index (χ1n) is 7.87. The molecule has 1 heterocycles. The molecule has 1 spiro atoms. The van der Waals surface area contributed by atoms with Crippen molar-refractivity contribution in [3.63, 3.8) is 0 Å². The Morgan fingerprint density at radius 1 is 1.09 bits per heavy atom. The Morgan fingerprint density at radius 3 is 2.32 bits per heavy atom. The number of rotatable bonds is 1. The molecule has 2 fully saturated rings. The Labute approximate surface area is 130 Å². The number of likely N-dealkylation sites (tertiary alicyclic amines) is 1. The lowest BCUT2D eigenvalue weighted by Crippen LogP contribution is -2.46. The molecule has 1 amide bonds. The van der Waals surface area contributed by atoms with Crippen LogP contribution in [0, 0.1) is 12.3 Å². The average Bonchev–Trinajstić information content (AvgIpc) is 2.46. The highest BCUT2D eigenvalue weighted by Gasteiger charge is 2.42. The number of benzene rings is 1. The number of amides is 1. The Hall–Kier alpha value is -1.97. The van der Waals surface area contributed by atoms with E-state index in [2.05, 4.69) is 0 Å². The lowest BCUT2D eigenvalue weighted by atomic mass is 9.67. The van der Waals surface area contributed by atoms with Crippen molar-refractivity contribution in [2.45, 2.75) is 39.0 Å². The molecule has 1 saturated heterocycles. The number of ketones is 2. The fraction of sp³-hybridized carbons (Fsp3) is 0.500. The maximum atomic E-state index is 12.5. The normalized spacial score (nSPS) is 21.2. The van der Waals surface area contributed by atoms with E-state index >= 15 is 0 Å². The van der Waals surface area contributed by atoms with Crippen molar-refractivity contribution in [3.05, 3.63) is 35.4 Å². The van der Waals surface area contributed by atoms with E-state index in [4.69, 9.17) is 0 Å². The van der Waals surface area contributed by atoms with Gasteiger partial charge in [-0.2, -0.15) is 0 Å². The number of Topliss-reactive ketones (excluding diaryl/α,β-unsaturated/α-hetero) is 2. The van der Waals surface area contributed by atoms with Gasteiger partial charge in [-0.15, -0.1) is 0 Å². The second-order valence-electron chi connectivity index (χ2n) is 6.77. The molecule has 1 saturated carbocycles. The number of carbonyl (C=O) groups is 3. The zero-order chi connectivity index (χ0) is 15.7. The van der Waals surface area contributed by atoms with Gasteiger partial charge in [0, 0.05) is 31.5 Å². The zero-order valence-electron chi connectivity index (χ0n) is 12.9. The van der Waals surface area contributed by atoms with Crippen LogP contribution in [0.1, 0.15) is 48.0 Å². The van der Waals surface area contributed by atoms with E-state index in [0.29, 0.717) is 31.5 Å². The smallest absolute Gasteiger partial charge is 0.253 e. The predicted molar refractivity (Wildman–Crippen MR) is 82.6 cm³/mol. The fourth-order valence-electron chi connectivity index (χ4n) is 3.74. The van der Waals surface area contributed by atoms with Gasteiger partial charge in [-0.25, -0.2) is 0 Å². The molecule has 0 radical (unpaired) electrons. The number of piperidine rings is 1. The van der Waals surface area contributed by atoms with Crippen LogP contribution < -0.4 is 0 Å². The maximum absolute atomic E-state index is 12.5. The quantitative estimate of drug-likeness (QED) is 0.749. The molecule has 0 aromatic heterocycles. The maximum Gasteiger partial charge on any atom is 0.253 e. The van der Waals surface area contributed by atoms with Crippen LogP contribution in [0.2, 0.25) is 0 Å². The molecule has 0 bridgehead atoms. The summed E-state index contributed by atoms with van der Waals surface area (Å²) in [5.41, 5.74) is 1.60. The lowest BCUT2D eigenvalue weighted by molar-refractivity contribution is -0.135. The third kappa shape index (κ3) is 2.96. The summed E-state index contributed by atoms with van der Waals surface area (Å²) in [5.74, 6) is 0.177. The first kappa shape index (κ1) is 14.9. The number of hydrogen-bond donors (Lipinski definition) is 0. The van der Waals surface area contributed by atoms with E-state index < -0.39 is 0 Å². The molecule has 0 unspecified atom stereocenters. The van der Waals surface area contributed by atoms with E-state index in [9.17, 15) is 14.4 Å². The summed E-state index contributed by atoms with van der Waals surface area (Å²) in [6.45, 7) is 3.24. The van der Waals surface area contributed by atoms with Gasteiger partial charge in [0.05, 0.1) is 6.42 Å². The molecule has 0 N–H and O–H groups in total. The third-order valence-electron chi connectivity index (χ3n) is 4.92. The molecule has 0 atom stereocenters. The summed E-state index contributed by atoms with van der Waals surface area (Å²) in [6, 6.07) is 7.61. The molecule has 3 rings (SSSR count). The molecule has 22 heavy (non-hydrogen) atoms. The summed E-state index contributed by atoms with van der Waals surface area (Å²) >= 11 is 0. The second-order valence-corrected chi connectivity index (χ2v) is 6.77. The summed E-state index contributed by atoms with van der Waals surface area (Å²) in [4.78, 5) is 37.8. The van der Waals surface area contributed by atoms with Crippen molar-refractivity contribution in [2.24, 2.45) is 5.41 Å². The minimum Gasteiger partial charge on any atom is -0.339 e. The van der Waals surface area contributed by atoms with Gasteiger partial charge in [0.2, 0.25) is 0 Å². The van der Waals surface area contributed by atoms with Crippen molar-refractivity contribution in [3.8, 4) is 0 Å². The zero-order valence-corrected chi connectivity index (χ0v) is 12.9. The van der Waals surface area contributed by atoms with Crippen molar-refractivity contribution in [1.29, 1.82) is 0 Å². The van der Waals surface area contributed by atoms with Gasteiger partial charge >= 0.3 is 0 Å². The number of aryl methyl sites for hydroxylation is 1. The molecule has 1 aromatic carbocycles. The number of carbonyl (C=O) groups excluding carboxylic acids is 3. The van der Waals surface area contributed by atoms with Crippen LogP contribution in [0.4, 0.5) is 0 Å². The third-order valence-corrected chi connectivity index (χ3v) is 4.92. The van der Waals surface area contributed by atoms with E-state index in [1.165, 1.54) is 0 Å². The van der Waals surface area contributed by atoms with Crippen LogP contribution in [0.15, 0.2) is 24.3 Å². The first-order chi connectivity index (χ1) is 10.5. The highest BCUT2D eigenvalue weighted by atomic mass is 16.2. The Balaban J connectivity index is 1.68. The number of nitrogens with zero attached hydrogens (tertiary/aromatic N) is 1. The lowest BCUT2D eigenvalue weighted by Gasteiger charge is -2.43. The minimum atomic E-state index is -0.185. The van der Waals surface area contributed by atoms with Crippen molar-refractivity contribution < 1.29 is 14.4 Å². The van der Waals surface area contributed by atoms with E-state index in [-0.39, 0.29) is 29.3 Å². The molecular weight excluding hydrogens is 278 g/mol. The SMILES string of the molecule is Cc1cccc(C(=O)N2CCC3(CC2)CC(=O)CC(=O)C3)c1. The molecule has 4 nitrogen and oxygen atoms in total. The monoisotopic (exact) mass is 299 g/mol. The highest BCUT2D eigenvalue weighted by Crippen LogP contribution is 2.42. The van der Waals surface area contributed by atoms with E-state index in [1.54, 1.807) is 0 Å². The van der Waals surface area contributed by atoms with Gasteiger partial charge in [-0.05, 0) is 37.3 Å². The molecule has 4 heteroatoms. The molecular formula is C18H21NO3. The molecule has 116 valence electrons. The van der Waals surface area contributed by atoms with Gasteiger partial charge in [-0.3, -0.25) is 14.4 Å². The van der Waals surface area contributed by atoms with E-state index in [0.717, 1.165) is 18.4 Å². The second kappa shape index (κ2) is 5.67. The van der Waals surface area contributed by atoms with Crippen LogP contribution in [-0.2, 0) is 9.59 Å². The molecule has 1 aromatic rings. The number of hydrogen-bond acceptors (Lipinski definition) is 3. The highest BCUT2D eigenvalue weighted by molar-refractivity contribution is 6.02. The van der Waals surface area contributed by atoms with Crippen molar-refractivity contribution in [2.75, 3.05) is 13.1 Å². The molecule has 1 aliphatic carbocycles. The largest absolute Gasteiger partial charge is 0.339 e. The van der Waals surface area contributed by atoms with Gasteiger partial charge in [-0.1, -0.05) is 17.7 Å². The first-order valence-corrected chi connectivity index (χ1v) is 7.87. The van der Waals surface area contributed by atoms with Crippen LogP contribution >= 0.6 is 0 Å². The van der Waals surface area contributed by atoms with Gasteiger partial charge in [0.25, 0.3) is 5.91 Å². The van der Waals surface area contributed by atoms with Crippen LogP contribution in [0.5, 0.6) is 0 Å². The van der Waals surface area contributed by atoms with E-state index in [1.807, 2.05) is 36.1 Å². The van der Waals surface area contributed by atoms with Gasteiger partial charge < -0.3 is 4.90 Å². The Kier molecular flexibility index (Phi) is 3.85. The summed E-state index contributed by atoms with van der Waals surface area (Å²) in [7, 11) is 0. The van der Waals surface area contributed by atoms with Gasteiger partial charge in [0.15, 0.2) is 0 Å². The average molecular weight is 299 g/mol. The summed E-state index contributed by atoms with van der Waals surface area (Å²) in [6.07, 6.45) is 2.62. The minimum absolute atomic E-state index is 0.0482. The van der Waals surface area contributed by atoms with Crippen LogP contribution in [-0.4, -0.2) is 35.5 Å². The molecule has 2 aliphatic rings. The summed E-state index contributed by atoms with van der Waals surface area (Å²) in [5, 5.41) is 0. The predicted octanol–water partition coefficient (Wildman–Crippen LogP) is 2.54. The molecule has 1 aliphatic heterocycles. The van der Waals surface area contributed by atoms with Crippen LogP contribution in [0.25, 0.3) is 0 Å². The fourth-order valence-corrected chi connectivity index (χ4v) is 3.74. The van der Waals surface area contributed by atoms with Crippen molar-refractivity contribution >= 4 is 17.5 Å². The summed E-state index contributed by atoms with van der Waals surface area (Å²) < 4.78 is 0.